The van der Waals surface area contributed by atoms with E-state index in [1.54, 1.807) is 48.5 Å². The Morgan fingerprint density at radius 2 is 1.91 bits per heavy atom. The molecular formula is C16H12N2O3S. The van der Waals surface area contributed by atoms with Gasteiger partial charge >= 0.3 is 0 Å². The van der Waals surface area contributed by atoms with Crippen LogP contribution in [-0.4, -0.2) is 21.3 Å². The molecule has 110 valence electrons. The number of amidine groups is 1. The summed E-state index contributed by atoms with van der Waals surface area (Å²) in [5.41, 5.74) is 1.12. The van der Waals surface area contributed by atoms with Crippen molar-refractivity contribution in [3.8, 4) is 11.5 Å². The van der Waals surface area contributed by atoms with Crippen LogP contribution in [0.15, 0.2) is 58.4 Å². The lowest BCUT2D eigenvalue weighted by Crippen LogP contribution is -2.19. The summed E-state index contributed by atoms with van der Waals surface area (Å²) in [6.45, 7) is 0. The molecular weight excluding hydrogens is 300 g/mol. The Hall–Kier alpha value is -2.73. The summed E-state index contributed by atoms with van der Waals surface area (Å²) in [4.78, 5) is 16.6. The highest BCUT2D eigenvalue weighted by molar-refractivity contribution is 8.18. The minimum Gasteiger partial charge on any atom is -0.508 e. The van der Waals surface area contributed by atoms with Crippen molar-refractivity contribution in [2.24, 2.45) is 4.99 Å². The molecule has 0 radical (unpaired) electrons. The van der Waals surface area contributed by atoms with Crippen molar-refractivity contribution in [2.75, 3.05) is 0 Å². The Labute approximate surface area is 131 Å². The number of rotatable bonds is 2. The van der Waals surface area contributed by atoms with Crippen LogP contribution in [0.3, 0.4) is 0 Å². The zero-order chi connectivity index (χ0) is 15.5. The maximum atomic E-state index is 11.9. The first-order valence-electron chi connectivity index (χ1n) is 6.48. The Bertz CT molecular complexity index is 799. The third-order valence-electron chi connectivity index (χ3n) is 2.92. The van der Waals surface area contributed by atoms with Crippen LogP contribution >= 0.6 is 11.8 Å². The number of phenolic OH excluding ortho intramolecular Hbond substituents is 2. The van der Waals surface area contributed by atoms with E-state index in [0.717, 1.165) is 5.56 Å². The van der Waals surface area contributed by atoms with Crippen LogP contribution in [0.1, 0.15) is 5.56 Å². The lowest BCUT2D eigenvalue weighted by Gasteiger charge is -1.98. The standard InChI is InChI=1S/C16H12N2O3S/c19-11-5-3-4-10(8-11)9-14-15(21)18-16(22-14)17-12-6-1-2-7-13(12)20/h1-9,19-20H,(H,17,18,21)/b14-9-. The van der Waals surface area contributed by atoms with Gasteiger partial charge in [0.25, 0.3) is 5.91 Å². The number of nitrogens with one attached hydrogen (secondary N) is 1. The van der Waals surface area contributed by atoms with Gasteiger partial charge in [-0.15, -0.1) is 0 Å². The van der Waals surface area contributed by atoms with Crippen molar-refractivity contribution in [3.05, 3.63) is 59.0 Å². The molecule has 1 aliphatic heterocycles. The van der Waals surface area contributed by atoms with Crippen molar-refractivity contribution >= 4 is 34.6 Å². The van der Waals surface area contributed by atoms with Crippen molar-refractivity contribution in [1.29, 1.82) is 0 Å². The van der Waals surface area contributed by atoms with E-state index in [2.05, 4.69) is 10.3 Å². The maximum Gasteiger partial charge on any atom is 0.264 e. The van der Waals surface area contributed by atoms with Crippen LogP contribution < -0.4 is 5.32 Å². The van der Waals surface area contributed by atoms with E-state index in [9.17, 15) is 15.0 Å². The molecule has 6 heteroatoms. The minimum absolute atomic E-state index is 0.0512. The Morgan fingerprint density at radius 3 is 2.68 bits per heavy atom. The number of aromatic hydroxyl groups is 2. The lowest BCUT2D eigenvalue weighted by atomic mass is 10.2. The predicted molar refractivity (Wildman–Crippen MR) is 87.0 cm³/mol. The SMILES string of the molecule is O=C1NC(=Nc2ccccc2O)S/C1=C\c1cccc(O)c1. The van der Waals surface area contributed by atoms with Gasteiger partial charge in [0.1, 0.15) is 17.2 Å². The fourth-order valence-corrected chi connectivity index (χ4v) is 2.75. The molecule has 1 aliphatic rings. The van der Waals surface area contributed by atoms with E-state index in [1.807, 2.05) is 0 Å². The molecule has 0 saturated carbocycles. The van der Waals surface area contributed by atoms with Crippen LogP contribution in [0, 0.1) is 0 Å². The second-order valence-corrected chi connectivity index (χ2v) is 5.60. The van der Waals surface area contributed by atoms with E-state index >= 15 is 0 Å². The smallest absolute Gasteiger partial charge is 0.264 e. The van der Waals surface area contributed by atoms with Gasteiger partial charge in [-0.3, -0.25) is 4.79 Å². The molecule has 3 rings (SSSR count). The molecule has 1 saturated heterocycles. The van der Waals surface area contributed by atoms with Gasteiger partial charge < -0.3 is 15.5 Å². The van der Waals surface area contributed by atoms with Crippen molar-refractivity contribution < 1.29 is 15.0 Å². The highest BCUT2D eigenvalue weighted by Gasteiger charge is 2.24. The third kappa shape index (κ3) is 3.12. The van der Waals surface area contributed by atoms with E-state index in [1.165, 1.54) is 17.8 Å². The number of para-hydroxylation sites is 2. The van der Waals surface area contributed by atoms with Gasteiger partial charge in [-0.2, -0.15) is 0 Å². The van der Waals surface area contributed by atoms with E-state index in [0.29, 0.717) is 15.8 Å². The summed E-state index contributed by atoms with van der Waals surface area (Å²) in [6, 6.07) is 13.3. The second kappa shape index (κ2) is 5.95. The first kappa shape index (κ1) is 14.2. The van der Waals surface area contributed by atoms with Gasteiger partial charge in [-0.05, 0) is 47.7 Å². The van der Waals surface area contributed by atoms with Gasteiger partial charge in [0.15, 0.2) is 5.17 Å². The average Bonchev–Trinajstić information content (AvgIpc) is 2.81. The summed E-state index contributed by atoms with van der Waals surface area (Å²) in [5, 5.41) is 22.2. The number of carbonyl (C=O) groups excluding carboxylic acids is 1. The predicted octanol–water partition coefficient (Wildman–Crippen LogP) is 2.99. The summed E-state index contributed by atoms with van der Waals surface area (Å²) in [6.07, 6.45) is 1.67. The molecule has 1 fully saturated rings. The van der Waals surface area contributed by atoms with Crippen LogP contribution in [0.25, 0.3) is 6.08 Å². The van der Waals surface area contributed by atoms with E-state index < -0.39 is 0 Å². The van der Waals surface area contributed by atoms with Crippen LogP contribution in [0.2, 0.25) is 0 Å². The molecule has 0 atom stereocenters. The Balaban J connectivity index is 1.86. The molecule has 0 bridgehead atoms. The number of thioether (sulfide) groups is 1. The monoisotopic (exact) mass is 312 g/mol. The second-order valence-electron chi connectivity index (χ2n) is 4.57. The van der Waals surface area contributed by atoms with Gasteiger partial charge in [-0.25, -0.2) is 4.99 Å². The topological polar surface area (TPSA) is 81.9 Å². The van der Waals surface area contributed by atoms with Crippen molar-refractivity contribution in [2.45, 2.75) is 0 Å². The number of benzene rings is 2. The molecule has 2 aromatic rings. The Morgan fingerprint density at radius 1 is 1.09 bits per heavy atom. The first-order chi connectivity index (χ1) is 10.6. The number of nitrogens with zero attached hydrogens (tertiary/aromatic N) is 1. The van der Waals surface area contributed by atoms with Gasteiger partial charge in [0.2, 0.25) is 0 Å². The van der Waals surface area contributed by atoms with Crippen molar-refractivity contribution in [3.63, 3.8) is 0 Å². The number of amides is 1. The minimum atomic E-state index is -0.262. The number of phenols is 2. The van der Waals surface area contributed by atoms with Gasteiger partial charge in [0, 0.05) is 0 Å². The van der Waals surface area contributed by atoms with Gasteiger partial charge in [-0.1, -0.05) is 24.3 Å². The first-order valence-corrected chi connectivity index (χ1v) is 7.30. The number of hydrogen-bond acceptors (Lipinski definition) is 5. The number of carbonyl (C=O) groups is 1. The average molecular weight is 312 g/mol. The van der Waals surface area contributed by atoms with Gasteiger partial charge in [0.05, 0.1) is 4.91 Å². The zero-order valence-electron chi connectivity index (χ0n) is 11.4. The molecule has 3 N–H and O–H groups in total. The van der Waals surface area contributed by atoms with Crippen LogP contribution in [0.5, 0.6) is 11.5 Å². The molecule has 5 nitrogen and oxygen atoms in total. The summed E-state index contributed by atoms with van der Waals surface area (Å²) in [5.74, 6) is -0.0707. The molecule has 0 spiro atoms. The molecule has 0 aliphatic carbocycles. The molecule has 0 unspecified atom stereocenters. The fraction of sp³-hybridized carbons (Fsp3) is 0. The normalized spacial score (nSPS) is 17.9. The highest BCUT2D eigenvalue weighted by Crippen LogP contribution is 2.31. The summed E-state index contributed by atoms with van der Waals surface area (Å²) in [7, 11) is 0. The third-order valence-corrected chi connectivity index (χ3v) is 3.83. The van der Waals surface area contributed by atoms with Crippen molar-refractivity contribution in [1.82, 2.24) is 5.32 Å². The quantitative estimate of drug-likeness (QED) is 0.745. The lowest BCUT2D eigenvalue weighted by molar-refractivity contribution is -0.115. The van der Waals surface area contributed by atoms with Crippen LogP contribution in [0.4, 0.5) is 5.69 Å². The summed E-state index contributed by atoms with van der Waals surface area (Å²) < 4.78 is 0. The number of hydrogen-bond donors (Lipinski definition) is 3. The largest absolute Gasteiger partial charge is 0.508 e. The fourth-order valence-electron chi connectivity index (χ4n) is 1.91. The molecule has 2 aromatic carbocycles. The molecule has 1 amide bonds. The zero-order valence-corrected chi connectivity index (χ0v) is 12.2. The molecule has 1 heterocycles. The maximum absolute atomic E-state index is 11.9. The molecule has 22 heavy (non-hydrogen) atoms. The highest BCUT2D eigenvalue weighted by atomic mass is 32.2. The van der Waals surface area contributed by atoms with E-state index in [-0.39, 0.29) is 17.4 Å². The summed E-state index contributed by atoms with van der Waals surface area (Å²) >= 11 is 1.18. The molecule has 0 aromatic heterocycles. The van der Waals surface area contributed by atoms with Crippen LogP contribution in [-0.2, 0) is 4.79 Å². The van der Waals surface area contributed by atoms with E-state index in [4.69, 9.17) is 0 Å². The number of aliphatic imine (C=N–C) groups is 1. The Kier molecular flexibility index (Phi) is 3.84.